The standard InChI is InChI=1S/C47H64N4O19/c1-28-38(54)40(56)42(58)45(69-28)64-20-18-62-16-14-48-36(52)26-66-34-10-8-31(9-11-34)32-22-33(44(60)50-12-13-51-47(61)68-25-30-6-4-3-5-7-30)24-35(23-32)67-27-37(53)49-15-17-63-19-21-65-46-43(59)41(57)39(55)29(2)70-46/h3-11,22-24,28-29,38-43,45-46,54-59H,12-21,25-27H2,1-2H3,(H,48,52)(H,49,53)(H,50,60)(H,51,61)/t28-,29-,38-,39-,40+,41+,42+,43+,45+,46+/m0/s1. The summed E-state index contributed by atoms with van der Waals surface area (Å²) in [4.78, 5) is 50.7. The number of alkyl carbamates (subject to hydrolysis) is 1. The number of rotatable bonds is 27. The summed E-state index contributed by atoms with van der Waals surface area (Å²) < 4.78 is 49.2. The van der Waals surface area contributed by atoms with Crippen molar-refractivity contribution in [3.05, 3.63) is 83.9 Å². The van der Waals surface area contributed by atoms with Crippen molar-refractivity contribution in [3.63, 3.8) is 0 Å². The fraction of sp³-hybridized carbons (Fsp3) is 0.532. The Labute approximate surface area is 404 Å². The quantitative estimate of drug-likeness (QED) is 0.0398. The summed E-state index contributed by atoms with van der Waals surface area (Å²) in [5.41, 5.74) is 2.21. The number of hydrogen-bond acceptors (Lipinski definition) is 19. The van der Waals surface area contributed by atoms with Gasteiger partial charge in [-0.15, -0.1) is 0 Å². The van der Waals surface area contributed by atoms with Crippen LogP contribution in [0.5, 0.6) is 11.5 Å². The Morgan fingerprint density at radius 1 is 0.529 bits per heavy atom. The summed E-state index contributed by atoms with van der Waals surface area (Å²) in [7, 11) is 0. The monoisotopic (exact) mass is 988 g/mol. The van der Waals surface area contributed by atoms with Gasteiger partial charge in [0.1, 0.15) is 54.7 Å². The molecule has 2 aliphatic rings. The van der Waals surface area contributed by atoms with Gasteiger partial charge in [-0.1, -0.05) is 42.5 Å². The van der Waals surface area contributed by atoms with Crippen molar-refractivity contribution in [2.45, 2.75) is 81.9 Å². The van der Waals surface area contributed by atoms with Crippen LogP contribution in [0.1, 0.15) is 29.8 Å². The van der Waals surface area contributed by atoms with E-state index in [9.17, 15) is 49.8 Å². The molecule has 0 unspecified atom stereocenters. The van der Waals surface area contributed by atoms with Crippen molar-refractivity contribution < 1.29 is 92.4 Å². The van der Waals surface area contributed by atoms with Gasteiger partial charge in [0.15, 0.2) is 25.8 Å². The highest BCUT2D eigenvalue weighted by Crippen LogP contribution is 2.28. The van der Waals surface area contributed by atoms with Gasteiger partial charge in [0.05, 0.1) is 51.8 Å². The summed E-state index contributed by atoms with van der Waals surface area (Å²) in [5.74, 6) is -0.784. The normalized spacial score (nSPS) is 24.2. The van der Waals surface area contributed by atoms with Crippen LogP contribution < -0.4 is 30.7 Å². The predicted molar refractivity (Wildman–Crippen MR) is 244 cm³/mol. The van der Waals surface area contributed by atoms with E-state index >= 15 is 0 Å². The van der Waals surface area contributed by atoms with Crippen LogP contribution in [0.15, 0.2) is 72.8 Å². The summed E-state index contributed by atoms with van der Waals surface area (Å²) >= 11 is 0. The minimum absolute atomic E-state index is 0.00916. The van der Waals surface area contributed by atoms with E-state index in [0.29, 0.717) is 16.9 Å². The third-order valence-corrected chi connectivity index (χ3v) is 10.8. The minimum Gasteiger partial charge on any atom is -0.484 e. The first-order valence-electron chi connectivity index (χ1n) is 22.8. The molecule has 0 saturated carbocycles. The topological polar surface area (TPSA) is 321 Å². The fourth-order valence-corrected chi connectivity index (χ4v) is 6.82. The van der Waals surface area contributed by atoms with Crippen molar-refractivity contribution in [2.75, 3.05) is 79.0 Å². The molecule has 23 heteroatoms. The lowest BCUT2D eigenvalue weighted by Crippen LogP contribution is -2.57. The molecule has 0 aromatic heterocycles. The van der Waals surface area contributed by atoms with Crippen LogP contribution in [0.4, 0.5) is 4.79 Å². The van der Waals surface area contributed by atoms with Crippen molar-refractivity contribution in [2.24, 2.45) is 0 Å². The molecule has 3 aromatic rings. The average Bonchev–Trinajstić information content (AvgIpc) is 3.36. The lowest BCUT2D eigenvalue weighted by Gasteiger charge is -2.38. The second-order valence-electron chi connectivity index (χ2n) is 16.1. The van der Waals surface area contributed by atoms with E-state index in [2.05, 4.69) is 21.3 Å². The number of carbonyl (C=O) groups is 4. The second-order valence-corrected chi connectivity index (χ2v) is 16.1. The van der Waals surface area contributed by atoms with Gasteiger partial charge in [0.2, 0.25) is 0 Å². The van der Waals surface area contributed by atoms with Gasteiger partial charge >= 0.3 is 6.09 Å². The van der Waals surface area contributed by atoms with E-state index in [1.165, 1.54) is 6.07 Å². The smallest absolute Gasteiger partial charge is 0.407 e. The zero-order valence-corrected chi connectivity index (χ0v) is 38.9. The summed E-state index contributed by atoms with van der Waals surface area (Å²) in [6.07, 6.45) is -12.5. The number of aliphatic hydroxyl groups excluding tert-OH is 6. The molecule has 386 valence electrons. The summed E-state index contributed by atoms with van der Waals surface area (Å²) in [6, 6.07) is 20.6. The number of ether oxygens (including phenoxy) is 9. The number of hydrogen-bond donors (Lipinski definition) is 10. The Balaban J connectivity index is 1.06. The molecule has 4 amide bonds. The zero-order valence-electron chi connectivity index (χ0n) is 38.9. The third-order valence-electron chi connectivity index (χ3n) is 10.8. The molecule has 2 saturated heterocycles. The van der Waals surface area contributed by atoms with Crippen molar-refractivity contribution >= 4 is 23.8 Å². The van der Waals surface area contributed by atoms with Crippen molar-refractivity contribution in [1.29, 1.82) is 0 Å². The maximum Gasteiger partial charge on any atom is 0.407 e. The Morgan fingerprint density at radius 3 is 1.61 bits per heavy atom. The largest absolute Gasteiger partial charge is 0.484 e. The molecule has 2 fully saturated rings. The van der Waals surface area contributed by atoms with Gasteiger partial charge < -0.3 is 94.5 Å². The van der Waals surface area contributed by atoms with Crippen molar-refractivity contribution in [1.82, 2.24) is 21.3 Å². The van der Waals surface area contributed by atoms with Gasteiger partial charge in [0.25, 0.3) is 17.7 Å². The van der Waals surface area contributed by atoms with E-state index in [1.54, 1.807) is 50.2 Å². The molecule has 23 nitrogen and oxygen atoms in total. The van der Waals surface area contributed by atoms with E-state index in [0.717, 1.165) is 5.56 Å². The molecule has 0 bridgehead atoms. The third kappa shape index (κ3) is 18.0. The second kappa shape index (κ2) is 29.0. The van der Waals surface area contributed by atoms with Crippen LogP contribution in [-0.4, -0.2) is 195 Å². The van der Waals surface area contributed by atoms with Crippen LogP contribution in [0, 0.1) is 0 Å². The number of amides is 4. The highest BCUT2D eigenvalue weighted by molar-refractivity contribution is 5.96. The molecule has 5 rings (SSSR count). The minimum atomic E-state index is -1.43. The van der Waals surface area contributed by atoms with E-state index in [-0.39, 0.29) is 90.3 Å². The Morgan fingerprint density at radius 2 is 1.06 bits per heavy atom. The lowest BCUT2D eigenvalue weighted by molar-refractivity contribution is -0.294. The fourth-order valence-electron chi connectivity index (χ4n) is 6.82. The van der Waals surface area contributed by atoms with Crippen LogP contribution >= 0.6 is 0 Å². The maximum absolute atomic E-state index is 13.4. The van der Waals surface area contributed by atoms with Crippen LogP contribution in [0.3, 0.4) is 0 Å². The molecule has 10 atom stereocenters. The maximum atomic E-state index is 13.4. The highest BCUT2D eigenvalue weighted by Gasteiger charge is 2.43. The average molecular weight is 989 g/mol. The lowest BCUT2D eigenvalue weighted by atomic mass is 10.0. The highest BCUT2D eigenvalue weighted by atomic mass is 16.7. The number of benzene rings is 3. The van der Waals surface area contributed by atoms with Gasteiger partial charge in [-0.3, -0.25) is 14.4 Å². The first-order chi connectivity index (χ1) is 33.7. The van der Waals surface area contributed by atoms with Gasteiger partial charge in [-0.25, -0.2) is 4.79 Å². The molecule has 10 N–H and O–H groups in total. The predicted octanol–water partition coefficient (Wildman–Crippen LogP) is -1.28. The molecular weight excluding hydrogens is 925 g/mol. The Hall–Kier alpha value is -5.54. The van der Waals surface area contributed by atoms with E-state index in [1.807, 2.05) is 30.3 Å². The van der Waals surface area contributed by atoms with Gasteiger partial charge in [0, 0.05) is 31.7 Å². The molecule has 0 aliphatic carbocycles. The molecule has 0 spiro atoms. The summed E-state index contributed by atoms with van der Waals surface area (Å²) in [6.45, 7) is 3.44. The number of nitrogens with one attached hydrogen (secondary N) is 4. The Kier molecular flexibility index (Phi) is 22.9. The molecular formula is C47H64N4O19. The van der Waals surface area contributed by atoms with Crippen molar-refractivity contribution in [3.8, 4) is 22.6 Å². The number of aliphatic hydroxyl groups is 6. The van der Waals surface area contributed by atoms with Crippen LogP contribution in [0.25, 0.3) is 11.1 Å². The first kappa shape index (κ1) is 55.4. The molecule has 3 aromatic carbocycles. The SMILES string of the molecule is C[C@@H]1O[C@@H](OCCOCCNC(=O)COc2ccc(-c3cc(OCC(=O)NCCOCCO[C@@H]4O[C@@H](C)[C@H](O)[C@@H](O)[C@H]4O)cc(C(=O)NCCNC(=O)OCc4ccccc4)c3)cc2)[C@H](O)[C@H](O)[C@H]1O. The van der Waals surface area contributed by atoms with E-state index < -0.39 is 91.8 Å². The van der Waals surface area contributed by atoms with Gasteiger partial charge in [-0.05, 0) is 60.9 Å². The molecule has 2 heterocycles. The van der Waals surface area contributed by atoms with Crippen LogP contribution in [-0.2, 0) is 49.4 Å². The van der Waals surface area contributed by atoms with Gasteiger partial charge in [-0.2, -0.15) is 0 Å². The van der Waals surface area contributed by atoms with Crippen LogP contribution in [0.2, 0.25) is 0 Å². The molecule has 70 heavy (non-hydrogen) atoms. The van der Waals surface area contributed by atoms with E-state index in [4.69, 9.17) is 42.6 Å². The molecule has 0 radical (unpaired) electrons. The summed E-state index contributed by atoms with van der Waals surface area (Å²) in [5, 5.41) is 70.2. The molecule has 2 aliphatic heterocycles. The zero-order chi connectivity index (χ0) is 50.4. The number of carbonyl (C=O) groups excluding carboxylic acids is 4. The first-order valence-corrected chi connectivity index (χ1v) is 22.8. The Bertz CT molecular complexity index is 2070.